The summed E-state index contributed by atoms with van der Waals surface area (Å²) in [6.45, 7) is 10.0. The molecule has 1 aromatic rings. The average molecular weight is 424 g/mol. The van der Waals surface area contributed by atoms with Crippen LogP contribution in [0.4, 0.5) is 5.69 Å². The number of carbonyl (C=O) groups excluding carboxylic acids is 2. The van der Waals surface area contributed by atoms with Gasteiger partial charge in [0.1, 0.15) is 0 Å². The lowest BCUT2D eigenvalue weighted by atomic mass is 9.46. The van der Waals surface area contributed by atoms with E-state index in [2.05, 4.69) is 13.5 Å². The molecule has 3 aliphatic rings. The van der Waals surface area contributed by atoms with Crippen molar-refractivity contribution in [1.29, 1.82) is 0 Å². The fourth-order valence-corrected chi connectivity index (χ4v) is 6.62. The topological polar surface area (TPSA) is 77.8 Å². The number of aliphatic hydroxyl groups is 2. The van der Waals surface area contributed by atoms with Crippen LogP contribution in [-0.4, -0.2) is 34.7 Å². The quantitative estimate of drug-likeness (QED) is 0.567. The van der Waals surface area contributed by atoms with Crippen molar-refractivity contribution in [3.8, 4) is 0 Å². The van der Waals surface area contributed by atoms with Gasteiger partial charge in [-0.3, -0.25) is 9.59 Å². The maximum atomic E-state index is 13.1. The number of aliphatic hydroxyl groups excluding tert-OH is 2. The molecule has 4 rings (SSSR count). The number of allylic oxidation sites excluding steroid dienone is 2. The minimum absolute atomic E-state index is 0.0336. The van der Waals surface area contributed by atoms with E-state index in [1.165, 1.54) is 17.4 Å². The number of rotatable bonds is 3. The van der Waals surface area contributed by atoms with E-state index in [0.29, 0.717) is 24.1 Å². The van der Waals surface area contributed by atoms with E-state index in [1.54, 1.807) is 0 Å². The van der Waals surface area contributed by atoms with Crippen LogP contribution in [0.15, 0.2) is 42.5 Å². The Morgan fingerprint density at radius 1 is 1.29 bits per heavy atom. The number of nitrogens with zero attached hydrogens (tertiary/aromatic N) is 1. The van der Waals surface area contributed by atoms with Crippen molar-refractivity contribution in [3.05, 3.63) is 48.1 Å². The lowest BCUT2D eigenvalue weighted by Gasteiger charge is -2.59. The van der Waals surface area contributed by atoms with Crippen molar-refractivity contribution in [3.63, 3.8) is 0 Å². The first kappa shape index (κ1) is 22.0. The number of fused-ring (bicyclic) bond motifs is 2. The molecule has 166 valence electrons. The van der Waals surface area contributed by atoms with Crippen LogP contribution in [0.5, 0.6) is 0 Å². The normalized spacial score (nSPS) is 36.5. The number of benzene rings is 1. The summed E-state index contributed by atoms with van der Waals surface area (Å²) in [6, 6.07) is 7.42. The van der Waals surface area contributed by atoms with Crippen LogP contribution in [0.25, 0.3) is 5.57 Å². The third-order valence-electron chi connectivity index (χ3n) is 8.43. The molecule has 0 radical (unpaired) electrons. The van der Waals surface area contributed by atoms with Crippen LogP contribution in [0.3, 0.4) is 0 Å². The Morgan fingerprint density at radius 2 is 2.00 bits per heavy atom. The first-order chi connectivity index (χ1) is 14.6. The molecule has 2 fully saturated rings. The van der Waals surface area contributed by atoms with Gasteiger partial charge in [-0.05, 0) is 55.4 Å². The van der Waals surface area contributed by atoms with Gasteiger partial charge in [0, 0.05) is 23.5 Å². The van der Waals surface area contributed by atoms with Gasteiger partial charge >= 0.3 is 0 Å². The lowest BCUT2D eigenvalue weighted by Crippen LogP contribution is -2.57. The summed E-state index contributed by atoms with van der Waals surface area (Å²) >= 11 is 0. The summed E-state index contributed by atoms with van der Waals surface area (Å²) in [5.41, 5.74) is 2.56. The second-order valence-electron chi connectivity index (χ2n) is 10.1. The first-order valence-corrected chi connectivity index (χ1v) is 11.3. The fourth-order valence-electron chi connectivity index (χ4n) is 6.62. The number of anilines is 1. The number of carbonyl (C=O) groups is 2. The Morgan fingerprint density at radius 3 is 2.68 bits per heavy atom. The summed E-state index contributed by atoms with van der Waals surface area (Å²) < 4.78 is 0. The summed E-state index contributed by atoms with van der Waals surface area (Å²) in [7, 11) is 0. The highest BCUT2D eigenvalue weighted by Crippen LogP contribution is 2.61. The number of hydrogen-bond acceptors (Lipinski definition) is 4. The molecule has 1 aromatic carbocycles. The van der Waals surface area contributed by atoms with Crippen molar-refractivity contribution >= 4 is 23.1 Å². The molecule has 31 heavy (non-hydrogen) atoms. The summed E-state index contributed by atoms with van der Waals surface area (Å²) in [5, 5.41) is 20.9. The highest BCUT2D eigenvalue weighted by molar-refractivity contribution is 6.39. The molecular formula is C26H33NO4. The second kappa shape index (κ2) is 7.72. The SMILES string of the molecule is C=C1CC[C@@H]2[C@](C)(CO)[C@H](O)CC[C@@]2(C)[C@@H]1C/C=C1\C(=O)N(C(C)=O)c2ccccc21. The second-order valence-corrected chi connectivity index (χ2v) is 10.1. The maximum Gasteiger partial charge on any atom is 0.265 e. The standard InChI is InChI=1S/C26H33NO4/c1-16-9-12-22-25(3,14-13-23(30)26(22,4)15-28)20(16)11-10-19-18-7-5-6-8-21(18)27(17(2)29)24(19)31/h5-8,10,20,22-23,28,30H,1,9,11-15H2,2-4H3/b19-10-/t20-,22+,23-,25+,26+/m1/s1. The monoisotopic (exact) mass is 423 g/mol. The zero-order valence-corrected chi connectivity index (χ0v) is 18.7. The number of amides is 2. The molecule has 5 nitrogen and oxygen atoms in total. The molecule has 2 saturated carbocycles. The highest BCUT2D eigenvalue weighted by Gasteiger charge is 2.57. The Labute approximate surface area is 184 Å². The molecule has 0 unspecified atom stereocenters. The third kappa shape index (κ3) is 3.21. The predicted molar refractivity (Wildman–Crippen MR) is 121 cm³/mol. The molecule has 1 aliphatic heterocycles. The summed E-state index contributed by atoms with van der Waals surface area (Å²) in [5.74, 6) is -0.211. The van der Waals surface area contributed by atoms with Crippen LogP contribution in [-0.2, 0) is 9.59 Å². The van der Waals surface area contributed by atoms with E-state index >= 15 is 0 Å². The average Bonchev–Trinajstić information content (AvgIpc) is 3.02. The molecule has 2 aliphatic carbocycles. The van der Waals surface area contributed by atoms with Crippen molar-refractivity contribution in [2.24, 2.45) is 22.7 Å². The molecule has 0 saturated heterocycles. The van der Waals surface area contributed by atoms with E-state index in [-0.39, 0.29) is 35.7 Å². The van der Waals surface area contributed by atoms with Gasteiger partial charge in [0.15, 0.2) is 0 Å². The number of para-hydroxylation sites is 1. The van der Waals surface area contributed by atoms with E-state index < -0.39 is 11.5 Å². The Hall–Kier alpha value is -2.24. The predicted octanol–water partition coefficient (Wildman–Crippen LogP) is 4.10. The van der Waals surface area contributed by atoms with Gasteiger partial charge < -0.3 is 10.2 Å². The van der Waals surface area contributed by atoms with Gasteiger partial charge in [-0.1, -0.05) is 50.3 Å². The largest absolute Gasteiger partial charge is 0.396 e. The third-order valence-corrected chi connectivity index (χ3v) is 8.43. The van der Waals surface area contributed by atoms with E-state index in [1.807, 2.05) is 37.3 Å². The molecule has 0 spiro atoms. The van der Waals surface area contributed by atoms with E-state index in [4.69, 9.17) is 0 Å². The number of imide groups is 1. The van der Waals surface area contributed by atoms with Crippen LogP contribution in [0.2, 0.25) is 0 Å². The summed E-state index contributed by atoms with van der Waals surface area (Å²) in [4.78, 5) is 26.4. The highest BCUT2D eigenvalue weighted by atomic mass is 16.3. The Balaban J connectivity index is 1.69. The molecule has 2 N–H and O–H groups in total. The molecule has 0 bridgehead atoms. The van der Waals surface area contributed by atoms with E-state index in [9.17, 15) is 19.8 Å². The van der Waals surface area contributed by atoms with Gasteiger partial charge in [0.2, 0.25) is 5.91 Å². The maximum absolute atomic E-state index is 13.1. The minimum atomic E-state index is -0.527. The zero-order valence-electron chi connectivity index (χ0n) is 18.7. The molecule has 5 atom stereocenters. The van der Waals surface area contributed by atoms with Crippen LogP contribution in [0.1, 0.15) is 58.4 Å². The Bertz CT molecular complexity index is 966. The van der Waals surface area contributed by atoms with E-state index in [0.717, 1.165) is 24.8 Å². The van der Waals surface area contributed by atoms with Crippen LogP contribution in [0, 0.1) is 22.7 Å². The molecular weight excluding hydrogens is 390 g/mol. The van der Waals surface area contributed by atoms with Gasteiger partial charge in [-0.2, -0.15) is 0 Å². The molecule has 0 aromatic heterocycles. The molecule has 2 amide bonds. The van der Waals surface area contributed by atoms with Crippen molar-refractivity contribution < 1.29 is 19.8 Å². The van der Waals surface area contributed by atoms with Gasteiger partial charge in [0.05, 0.1) is 18.4 Å². The van der Waals surface area contributed by atoms with Crippen molar-refractivity contribution in [2.75, 3.05) is 11.5 Å². The Kier molecular flexibility index (Phi) is 5.47. The lowest BCUT2D eigenvalue weighted by molar-refractivity contribution is -0.151. The molecule has 1 heterocycles. The van der Waals surface area contributed by atoms with Crippen molar-refractivity contribution in [1.82, 2.24) is 0 Å². The van der Waals surface area contributed by atoms with Gasteiger partial charge in [-0.25, -0.2) is 4.90 Å². The minimum Gasteiger partial charge on any atom is -0.396 e. The zero-order chi connectivity index (χ0) is 22.6. The fraction of sp³-hybridized carbons (Fsp3) is 0.538. The van der Waals surface area contributed by atoms with Crippen LogP contribution < -0.4 is 4.90 Å². The van der Waals surface area contributed by atoms with Gasteiger partial charge in [-0.15, -0.1) is 0 Å². The number of hydrogen-bond donors (Lipinski definition) is 2. The molecule has 5 heteroatoms. The summed E-state index contributed by atoms with van der Waals surface area (Å²) in [6.07, 6.45) is 5.43. The van der Waals surface area contributed by atoms with Crippen molar-refractivity contribution in [2.45, 2.75) is 59.0 Å². The first-order valence-electron chi connectivity index (χ1n) is 11.3. The van der Waals surface area contributed by atoms with Gasteiger partial charge in [0.25, 0.3) is 5.91 Å². The van der Waals surface area contributed by atoms with Crippen LogP contribution >= 0.6 is 0 Å². The smallest absolute Gasteiger partial charge is 0.265 e.